The van der Waals surface area contributed by atoms with Crippen LogP contribution in [-0.4, -0.2) is 53.7 Å². The number of nitrogens with zero attached hydrogens (tertiary/aromatic N) is 2. The van der Waals surface area contributed by atoms with Crippen LogP contribution in [0, 0.1) is 0 Å². The van der Waals surface area contributed by atoms with E-state index in [0.717, 1.165) is 10.6 Å². The van der Waals surface area contributed by atoms with Crippen LogP contribution in [0.4, 0.5) is 5.69 Å². The lowest BCUT2D eigenvalue weighted by Crippen LogP contribution is -2.39. The van der Waals surface area contributed by atoms with Gasteiger partial charge < -0.3 is 14.2 Å². The standard InChI is InChI=1S/C21H27N3O6S/c1-5-29-19-11-10-16(12-20(19)30-6-2)14-22-23-21(25)15-24(31(4,26)27)17-8-7-9-18(13-17)28-3/h7-14H,5-6,15H2,1-4H3,(H,23,25)/b22-14-. The third kappa shape index (κ3) is 7.18. The molecule has 0 heterocycles. The Labute approximate surface area is 182 Å². The van der Waals surface area contributed by atoms with Crippen molar-refractivity contribution in [3.8, 4) is 17.2 Å². The third-order valence-electron chi connectivity index (χ3n) is 4.00. The highest BCUT2D eigenvalue weighted by atomic mass is 32.2. The fourth-order valence-electron chi connectivity index (χ4n) is 2.66. The van der Waals surface area contributed by atoms with Gasteiger partial charge in [0.15, 0.2) is 11.5 Å². The Kier molecular flexibility index (Phi) is 8.68. The minimum absolute atomic E-state index is 0.314. The SMILES string of the molecule is CCOc1ccc(/C=N\NC(=O)CN(c2cccc(OC)c2)S(C)(=O)=O)cc1OCC. The molecule has 2 aromatic rings. The number of carbonyl (C=O) groups excluding carboxylic acids is 1. The summed E-state index contributed by atoms with van der Waals surface area (Å²) in [7, 11) is -2.23. The van der Waals surface area contributed by atoms with Gasteiger partial charge in [-0.05, 0) is 49.7 Å². The van der Waals surface area contributed by atoms with E-state index in [0.29, 0.717) is 41.7 Å². The highest BCUT2D eigenvalue weighted by Gasteiger charge is 2.21. The number of sulfonamides is 1. The molecule has 0 radical (unpaired) electrons. The van der Waals surface area contributed by atoms with E-state index in [2.05, 4.69) is 10.5 Å². The van der Waals surface area contributed by atoms with Gasteiger partial charge in [-0.25, -0.2) is 13.8 Å². The van der Waals surface area contributed by atoms with Crippen LogP contribution in [0.2, 0.25) is 0 Å². The van der Waals surface area contributed by atoms with Gasteiger partial charge in [0, 0.05) is 6.07 Å². The van der Waals surface area contributed by atoms with Crippen LogP contribution in [-0.2, 0) is 14.8 Å². The Morgan fingerprint density at radius 3 is 2.45 bits per heavy atom. The van der Waals surface area contributed by atoms with Crippen LogP contribution >= 0.6 is 0 Å². The molecule has 0 aliphatic rings. The van der Waals surface area contributed by atoms with Crippen molar-refractivity contribution in [2.24, 2.45) is 5.10 Å². The summed E-state index contributed by atoms with van der Waals surface area (Å²) >= 11 is 0. The molecule has 0 aliphatic carbocycles. The van der Waals surface area contributed by atoms with E-state index in [9.17, 15) is 13.2 Å². The average Bonchev–Trinajstić information content (AvgIpc) is 2.73. The van der Waals surface area contributed by atoms with Crippen LogP contribution < -0.4 is 23.9 Å². The van der Waals surface area contributed by atoms with Gasteiger partial charge in [-0.1, -0.05) is 6.07 Å². The molecule has 2 rings (SSSR count). The number of carbonyl (C=O) groups is 1. The van der Waals surface area contributed by atoms with Crippen molar-refractivity contribution >= 4 is 27.8 Å². The number of rotatable bonds is 11. The fraction of sp³-hybridized carbons (Fsp3) is 0.333. The van der Waals surface area contributed by atoms with Crippen molar-refractivity contribution in [1.82, 2.24) is 5.43 Å². The number of methoxy groups -OCH3 is 1. The molecule has 2 aromatic carbocycles. The van der Waals surface area contributed by atoms with E-state index in [1.807, 2.05) is 13.8 Å². The highest BCUT2D eigenvalue weighted by molar-refractivity contribution is 7.92. The second kappa shape index (κ2) is 11.2. The zero-order valence-corrected chi connectivity index (χ0v) is 18.8. The zero-order valence-electron chi connectivity index (χ0n) is 18.0. The quantitative estimate of drug-likeness (QED) is 0.417. The first-order valence-electron chi connectivity index (χ1n) is 9.61. The van der Waals surface area contributed by atoms with Gasteiger partial charge in [0.2, 0.25) is 10.0 Å². The molecule has 10 heteroatoms. The second-order valence-corrected chi connectivity index (χ2v) is 8.24. The molecule has 0 aliphatic heterocycles. The van der Waals surface area contributed by atoms with Crippen LogP contribution in [0.3, 0.4) is 0 Å². The highest BCUT2D eigenvalue weighted by Crippen LogP contribution is 2.28. The first-order chi connectivity index (χ1) is 14.8. The molecular formula is C21H27N3O6S. The molecule has 0 fully saturated rings. The lowest BCUT2D eigenvalue weighted by atomic mass is 10.2. The number of hydrogen-bond donors (Lipinski definition) is 1. The topological polar surface area (TPSA) is 107 Å². The summed E-state index contributed by atoms with van der Waals surface area (Å²) in [5.74, 6) is 1.07. The van der Waals surface area contributed by atoms with Crippen LogP contribution in [0.5, 0.6) is 17.2 Å². The monoisotopic (exact) mass is 449 g/mol. The van der Waals surface area contributed by atoms with E-state index in [1.165, 1.54) is 19.4 Å². The summed E-state index contributed by atoms with van der Waals surface area (Å²) < 4.78 is 41.5. The van der Waals surface area contributed by atoms with E-state index in [1.54, 1.807) is 36.4 Å². The molecule has 1 N–H and O–H groups in total. The Bertz CT molecular complexity index is 1020. The van der Waals surface area contributed by atoms with Gasteiger partial charge in [0.05, 0.1) is 38.5 Å². The molecule has 31 heavy (non-hydrogen) atoms. The second-order valence-electron chi connectivity index (χ2n) is 6.34. The number of ether oxygens (including phenoxy) is 3. The number of benzene rings is 2. The molecule has 0 aromatic heterocycles. The zero-order chi connectivity index (χ0) is 22.9. The molecule has 1 amide bonds. The fourth-order valence-corrected chi connectivity index (χ4v) is 3.51. The lowest BCUT2D eigenvalue weighted by Gasteiger charge is -2.21. The average molecular weight is 450 g/mol. The Morgan fingerprint density at radius 2 is 1.81 bits per heavy atom. The number of amides is 1. The Balaban J connectivity index is 2.10. The maximum Gasteiger partial charge on any atom is 0.260 e. The minimum Gasteiger partial charge on any atom is -0.497 e. The Hall–Kier alpha value is -3.27. The van der Waals surface area contributed by atoms with Gasteiger partial charge in [-0.2, -0.15) is 5.10 Å². The van der Waals surface area contributed by atoms with Gasteiger partial charge >= 0.3 is 0 Å². The van der Waals surface area contributed by atoms with Crippen molar-refractivity contribution in [2.75, 3.05) is 37.4 Å². The van der Waals surface area contributed by atoms with Gasteiger partial charge in [-0.15, -0.1) is 0 Å². The molecule has 0 saturated heterocycles. The van der Waals surface area contributed by atoms with E-state index in [4.69, 9.17) is 14.2 Å². The summed E-state index contributed by atoms with van der Waals surface area (Å²) in [6.45, 7) is 4.30. The molecular weight excluding hydrogens is 422 g/mol. The summed E-state index contributed by atoms with van der Waals surface area (Å²) in [6, 6.07) is 11.7. The molecule has 0 spiro atoms. The largest absolute Gasteiger partial charge is 0.497 e. The van der Waals surface area contributed by atoms with Crippen molar-refractivity contribution < 1.29 is 27.4 Å². The molecule has 0 unspecified atom stereocenters. The lowest BCUT2D eigenvalue weighted by molar-refractivity contribution is -0.119. The summed E-state index contributed by atoms with van der Waals surface area (Å²) in [5.41, 5.74) is 3.34. The number of anilines is 1. The maximum atomic E-state index is 12.3. The normalized spacial score (nSPS) is 11.2. The third-order valence-corrected chi connectivity index (χ3v) is 5.14. The predicted octanol–water partition coefficient (Wildman–Crippen LogP) is 2.41. The van der Waals surface area contributed by atoms with Gasteiger partial charge in [-0.3, -0.25) is 9.10 Å². The van der Waals surface area contributed by atoms with Crippen molar-refractivity contribution in [2.45, 2.75) is 13.8 Å². The number of hydrazone groups is 1. The predicted molar refractivity (Wildman–Crippen MR) is 120 cm³/mol. The van der Waals surface area contributed by atoms with Crippen LogP contribution in [0.25, 0.3) is 0 Å². The maximum absolute atomic E-state index is 12.3. The van der Waals surface area contributed by atoms with Gasteiger partial charge in [0.25, 0.3) is 5.91 Å². The van der Waals surface area contributed by atoms with Crippen LogP contribution in [0.1, 0.15) is 19.4 Å². The molecule has 0 bridgehead atoms. The minimum atomic E-state index is -3.70. The smallest absolute Gasteiger partial charge is 0.260 e. The van der Waals surface area contributed by atoms with E-state index < -0.39 is 22.5 Å². The molecule has 0 saturated carbocycles. The van der Waals surface area contributed by atoms with E-state index in [-0.39, 0.29) is 0 Å². The van der Waals surface area contributed by atoms with Crippen LogP contribution in [0.15, 0.2) is 47.6 Å². The van der Waals surface area contributed by atoms with Crippen molar-refractivity contribution in [3.63, 3.8) is 0 Å². The summed E-state index contributed by atoms with van der Waals surface area (Å²) in [4.78, 5) is 12.3. The first kappa shape index (κ1) is 24.0. The Morgan fingerprint density at radius 1 is 1.10 bits per heavy atom. The molecule has 0 atom stereocenters. The molecule has 168 valence electrons. The first-order valence-corrected chi connectivity index (χ1v) is 11.5. The van der Waals surface area contributed by atoms with Crippen molar-refractivity contribution in [3.05, 3.63) is 48.0 Å². The number of nitrogens with one attached hydrogen (secondary N) is 1. The van der Waals surface area contributed by atoms with Gasteiger partial charge in [0.1, 0.15) is 12.3 Å². The molecule has 9 nitrogen and oxygen atoms in total. The summed E-state index contributed by atoms with van der Waals surface area (Å²) in [6.07, 6.45) is 2.46. The van der Waals surface area contributed by atoms with Crippen molar-refractivity contribution in [1.29, 1.82) is 0 Å². The number of hydrogen-bond acceptors (Lipinski definition) is 7. The summed E-state index contributed by atoms with van der Waals surface area (Å²) in [5, 5.41) is 3.91. The van der Waals surface area contributed by atoms with E-state index >= 15 is 0 Å².